The second-order valence-electron chi connectivity index (χ2n) is 13.2. The molecule has 1 aromatic carbocycles. The van der Waals surface area contributed by atoms with Gasteiger partial charge in [-0.25, -0.2) is 0 Å². The van der Waals surface area contributed by atoms with Crippen molar-refractivity contribution in [1.82, 2.24) is 15.1 Å². The summed E-state index contributed by atoms with van der Waals surface area (Å²) in [5.74, 6) is -3.66. The van der Waals surface area contributed by atoms with Crippen LogP contribution in [0.2, 0.25) is 0 Å². The molecule has 0 bridgehead atoms. The molecular weight excluding hydrogens is 590 g/mol. The number of likely N-dealkylation sites (tertiary alicyclic amines) is 1. The fourth-order valence-electron chi connectivity index (χ4n) is 8.13. The third-order valence-electron chi connectivity index (χ3n) is 10.3. The summed E-state index contributed by atoms with van der Waals surface area (Å²) in [4.78, 5) is 59.9. The van der Waals surface area contributed by atoms with Crippen molar-refractivity contribution in [3.05, 3.63) is 60.2 Å². The van der Waals surface area contributed by atoms with E-state index in [1.807, 2.05) is 47.4 Å². The summed E-state index contributed by atoms with van der Waals surface area (Å²) in [5.41, 5.74) is -0.780. The highest BCUT2D eigenvalue weighted by molar-refractivity contribution is 5.99. The molecule has 4 heterocycles. The van der Waals surface area contributed by atoms with Gasteiger partial charge < -0.3 is 34.4 Å². The minimum Gasteiger partial charge on any atom is -0.455 e. The Kier molecular flexibility index (Phi) is 9.63. The molecule has 46 heavy (non-hydrogen) atoms. The second-order valence-corrected chi connectivity index (χ2v) is 13.2. The Balaban J connectivity index is 1.43. The van der Waals surface area contributed by atoms with Crippen LogP contribution < -0.4 is 5.32 Å². The number of cyclic esters (lactones) is 1. The maximum absolute atomic E-state index is 14.6. The molecule has 3 fully saturated rings. The molecule has 8 atom stereocenters. The summed E-state index contributed by atoms with van der Waals surface area (Å²) in [7, 11) is 1.51. The van der Waals surface area contributed by atoms with Crippen molar-refractivity contribution in [1.29, 1.82) is 0 Å². The van der Waals surface area contributed by atoms with Crippen LogP contribution in [0, 0.1) is 11.8 Å². The average molecular weight is 636 g/mol. The molecule has 1 aliphatic carbocycles. The van der Waals surface area contributed by atoms with Crippen LogP contribution in [0.25, 0.3) is 0 Å². The van der Waals surface area contributed by atoms with Gasteiger partial charge in [0.1, 0.15) is 23.7 Å². The first-order valence-corrected chi connectivity index (χ1v) is 16.6. The van der Waals surface area contributed by atoms with Crippen molar-refractivity contribution in [2.24, 2.45) is 11.8 Å². The highest BCUT2D eigenvalue weighted by Gasteiger charge is 2.72. The Labute approximate surface area is 269 Å². The van der Waals surface area contributed by atoms with Crippen molar-refractivity contribution in [3.8, 4) is 0 Å². The molecule has 0 unspecified atom stereocenters. The SMILES string of the molecule is COC[C@H]1NC(=O)CC/C=C\[C@H]2O[C@]34C=CCN(C5CCCCC5)C(=O)[C@H]3N([C@H](C)CO)C(=O)[C@@H]4[C@H]2C(=O)O[C@@H]1c1ccccc1. The third kappa shape index (κ3) is 5.77. The Bertz CT molecular complexity index is 1360. The summed E-state index contributed by atoms with van der Waals surface area (Å²) in [6.07, 6.45) is 11.0. The molecule has 0 radical (unpaired) electrons. The third-order valence-corrected chi connectivity index (χ3v) is 10.3. The molecule has 11 heteroatoms. The highest BCUT2D eigenvalue weighted by atomic mass is 16.6. The van der Waals surface area contributed by atoms with Crippen molar-refractivity contribution < 1.29 is 38.5 Å². The van der Waals surface area contributed by atoms with Gasteiger partial charge in [0.2, 0.25) is 17.7 Å². The lowest BCUT2D eigenvalue weighted by atomic mass is 9.77. The topological polar surface area (TPSA) is 135 Å². The van der Waals surface area contributed by atoms with E-state index < -0.39 is 59.6 Å². The first kappa shape index (κ1) is 32.4. The van der Waals surface area contributed by atoms with Gasteiger partial charge in [0.25, 0.3) is 0 Å². The van der Waals surface area contributed by atoms with Crippen LogP contribution >= 0.6 is 0 Å². The number of ether oxygens (including phenoxy) is 3. The predicted molar refractivity (Wildman–Crippen MR) is 167 cm³/mol. The summed E-state index contributed by atoms with van der Waals surface area (Å²) >= 11 is 0. The van der Waals surface area contributed by atoms with Crippen molar-refractivity contribution in [3.63, 3.8) is 0 Å². The van der Waals surface area contributed by atoms with Crippen LogP contribution in [-0.4, -0.2) is 101 Å². The number of aliphatic hydroxyl groups is 1. The van der Waals surface area contributed by atoms with E-state index >= 15 is 0 Å². The molecule has 11 nitrogen and oxygen atoms in total. The van der Waals surface area contributed by atoms with Crippen molar-refractivity contribution in [2.45, 2.75) is 93.8 Å². The fourth-order valence-corrected chi connectivity index (χ4v) is 8.13. The maximum atomic E-state index is 14.6. The molecule has 1 spiro atoms. The lowest BCUT2D eigenvalue weighted by Crippen LogP contribution is -2.59. The lowest BCUT2D eigenvalue weighted by molar-refractivity contribution is -0.163. The number of carbonyl (C=O) groups is 4. The number of carbonyl (C=O) groups excluding carboxylic acids is 4. The van der Waals surface area contributed by atoms with Gasteiger partial charge in [-0.15, -0.1) is 0 Å². The largest absolute Gasteiger partial charge is 0.455 e. The number of aliphatic hydroxyl groups excluding tert-OH is 1. The number of allylic oxidation sites excluding steroid dienone is 1. The lowest BCUT2D eigenvalue weighted by Gasteiger charge is -2.40. The number of methoxy groups -OCH3 is 1. The summed E-state index contributed by atoms with van der Waals surface area (Å²) < 4.78 is 18.5. The smallest absolute Gasteiger partial charge is 0.313 e. The number of esters is 1. The van der Waals surface area contributed by atoms with E-state index in [0.29, 0.717) is 18.5 Å². The average Bonchev–Trinajstić information content (AvgIpc) is 3.46. The molecule has 248 valence electrons. The van der Waals surface area contributed by atoms with E-state index in [-0.39, 0.29) is 37.5 Å². The number of hydrogen-bond donors (Lipinski definition) is 2. The highest BCUT2D eigenvalue weighted by Crippen LogP contribution is 2.54. The zero-order chi connectivity index (χ0) is 32.4. The quantitative estimate of drug-likeness (QED) is 0.360. The molecule has 0 aromatic heterocycles. The van der Waals surface area contributed by atoms with Crippen LogP contribution in [0.5, 0.6) is 0 Å². The molecular formula is C35H45N3O8. The molecule has 5 aliphatic rings. The van der Waals surface area contributed by atoms with E-state index in [9.17, 15) is 24.3 Å². The first-order chi connectivity index (χ1) is 22.3. The summed E-state index contributed by atoms with van der Waals surface area (Å²) in [5, 5.41) is 13.2. The Morgan fingerprint density at radius 3 is 2.54 bits per heavy atom. The normalized spacial score (nSPS) is 35.2. The zero-order valence-electron chi connectivity index (χ0n) is 26.6. The van der Waals surface area contributed by atoms with E-state index in [1.54, 1.807) is 19.1 Å². The standard InChI is InChI=1S/C35H45N3O8/c1-22(20-39)38-31-33(42)37(24-14-7-4-8-15-24)19-11-18-35(31)29(32(38)41)28-26(46-35)16-9-10-17-27(40)36-25(21-44-2)30(45-34(28)43)23-12-5-3-6-13-23/h3,5-6,9,11-13,16,18,22,24-26,28-31,39H,4,7-8,10,14-15,17,19-21H2,1-2H3,(H,36,40)/b16-9-/t22-,25-,26-,28+,29+,30-,31-,35+/m1/s1. The monoisotopic (exact) mass is 635 g/mol. The molecule has 1 saturated carbocycles. The van der Waals surface area contributed by atoms with Crippen molar-refractivity contribution >= 4 is 23.7 Å². The Morgan fingerprint density at radius 2 is 1.83 bits per heavy atom. The van der Waals surface area contributed by atoms with Gasteiger partial charge in [-0.1, -0.05) is 73.9 Å². The molecule has 3 amide bonds. The van der Waals surface area contributed by atoms with Crippen LogP contribution in [0.3, 0.4) is 0 Å². The van der Waals surface area contributed by atoms with E-state index in [4.69, 9.17) is 14.2 Å². The summed E-state index contributed by atoms with van der Waals surface area (Å²) in [6, 6.07) is 6.76. The van der Waals surface area contributed by atoms with Gasteiger partial charge in [0.15, 0.2) is 0 Å². The number of hydrogen-bond acceptors (Lipinski definition) is 8. The van der Waals surface area contributed by atoms with E-state index in [0.717, 1.165) is 32.1 Å². The van der Waals surface area contributed by atoms with E-state index in [1.165, 1.54) is 12.0 Å². The van der Waals surface area contributed by atoms with Gasteiger partial charge in [0.05, 0.1) is 37.3 Å². The van der Waals surface area contributed by atoms with Crippen LogP contribution in [0.15, 0.2) is 54.6 Å². The summed E-state index contributed by atoms with van der Waals surface area (Å²) in [6.45, 7) is 1.83. The van der Waals surface area contributed by atoms with Gasteiger partial charge in [-0.2, -0.15) is 0 Å². The molecule has 2 saturated heterocycles. The van der Waals surface area contributed by atoms with Gasteiger partial charge >= 0.3 is 5.97 Å². The zero-order valence-corrected chi connectivity index (χ0v) is 26.6. The molecule has 1 aromatic rings. The van der Waals surface area contributed by atoms with Crippen molar-refractivity contribution in [2.75, 3.05) is 26.9 Å². The first-order valence-electron chi connectivity index (χ1n) is 16.6. The Morgan fingerprint density at radius 1 is 1.07 bits per heavy atom. The molecule has 2 N–H and O–H groups in total. The Hall–Kier alpha value is -3.54. The van der Waals surface area contributed by atoms with Gasteiger partial charge in [-0.3, -0.25) is 19.2 Å². The fraction of sp³-hybridized carbons (Fsp3) is 0.600. The predicted octanol–water partition coefficient (Wildman–Crippen LogP) is 2.44. The number of fused-ring (bicyclic) bond motifs is 2. The minimum absolute atomic E-state index is 0.0512. The molecule has 4 aliphatic heterocycles. The number of rotatable bonds is 6. The minimum atomic E-state index is -1.44. The van der Waals surface area contributed by atoms with Crippen LogP contribution in [0.4, 0.5) is 0 Å². The molecule has 6 rings (SSSR count). The number of benzene rings is 1. The maximum Gasteiger partial charge on any atom is 0.313 e. The van der Waals surface area contributed by atoms with E-state index in [2.05, 4.69) is 5.32 Å². The number of nitrogens with zero attached hydrogens (tertiary/aromatic N) is 2. The second kappa shape index (κ2) is 13.7. The number of nitrogens with one attached hydrogen (secondary N) is 1. The van der Waals surface area contributed by atoms with Crippen LogP contribution in [0.1, 0.15) is 63.5 Å². The number of amides is 3. The van der Waals surface area contributed by atoms with Gasteiger partial charge in [0, 0.05) is 26.1 Å². The van der Waals surface area contributed by atoms with Gasteiger partial charge in [-0.05, 0) is 31.7 Å². The van der Waals surface area contributed by atoms with Crippen LogP contribution in [-0.2, 0) is 33.4 Å².